The van der Waals surface area contributed by atoms with Crippen LogP contribution in [-0.2, 0) is 0 Å². The van der Waals surface area contributed by atoms with Crippen LogP contribution in [0.15, 0.2) is 36.7 Å². The summed E-state index contributed by atoms with van der Waals surface area (Å²) in [6, 6.07) is 6.39. The van der Waals surface area contributed by atoms with Crippen LogP contribution in [0, 0.1) is 0 Å². The molecule has 0 unspecified atom stereocenters. The van der Waals surface area contributed by atoms with Gasteiger partial charge in [-0.15, -0.1) is 0 Å². The Bertz CT molecular complexity index is 761. The lowest BCUT2D eigenvalue weighted by Crippen LogP contribution is -2.31. The van der Waals surface area contributed by atoms with Crippen molar-refractivity contribution >= 4 is 40.7 Å². The fourth-order valence-corrected chi connectivity index (χ4v) is 2.48. The smallest absolute Gasteiger partial charge is 0.257 e. The lowest BCUT2D eigenvalue weighted by molar-refractivity contribution is 0.0950. The highest BCUT2D eigenvalue weighted by atomic mass is 35.5. The summed E-state index contributed by atoms with van der Waals surface area (Å²) in [6.45, 7) is 1.21. The molecule has 0 atom stereocenters. The maximum Gasteiger partial charge on any atom is 0.257 e. The molecule has 0 aliphatic heterocycles. The second kappa shape index (κ2) is 8.80. The quantitative estimate of drug-likeness (QED) is 0.807. The molecule has 0 fully saturated rings. The van der Waals surface area contributed by atoms with Crippen molar-refractivity contribution in [2.45, 2.75) is 0 Å². The van der Waals surface area contributed by atoms with E-state index in [1.807, 2.05) is 19.0 Å². The van der Waals surface area contributed by atoms with E-state index in [1.165, 1.54) is 18.5 Å². The average Bonchev–Trinajstić information content (AvgIpc) is 2.58. The minimum atomic E-state index is -0.453. The number of likely N-dealkylation sites (N-methyl/N-ethyl adjacent to an activating group) is 1. The summed E-state index contributed by atoms with van der Waals surface area (Å²) in [7, 11) is 3.83. The number of halogens is 2. The first-order valence-corrected chi connectivity index (χ1v) is 8.27. The lowest BCUT2D eigenvalue weighted by atomic mass is 10.2. The Morgan fingerprint density at radius 1 is 1.08 bits per heavy atom. The summed E-state index contributed by atoms with van der Waals surface area (Å²) in [4.78, 5) is 30.4. The molecular weight excluding hydrogens is 363 g/mol. The molecule has 25 heavy (non-hydrogen) atoms. The number of hydrogen-bond donors (Lipinski definition) is 2. The third-order valence-corrected chi connectivity index (χ3v) is 3.94. The number of pyridine rings is 1. The van der Waals surface area contributed by atoms with Crippen LogP contribution in [0.3, 0.4) is 0 Å². The molecule has 2 N–H and O–H groups in total. The topological polar surface area (TPSA) is 74.3 Å². The van der Waals surface area contributed by atoms with Crippen molar-refractivity contribution in [2.24, 2.45) is 0 Å². The van der Waals surface area contributed by atoms with Gasteiger partial charge in [0.15, 0.2) is 0 Å². The largest absolute Gasteiger partial charge is 0.351 e. The maximum atomic E-state index is 12.4. The highest BCUT2D eigenvalue weighted by Crippen LogP contribution is 2.30. The predicted octanol–water partition coefficient (Wildman–Crippen LogP) is 2.93. The van der Waals surface area contributed by atoms with Crippen molar-refractivity contribution in [1.82, 2.24) is 15.2 Å². The van der Waals surface area contributed by atoms with Crippen molar-refractivity contribution < 1.29 is 9.59 Å². The van der Waals surface area contributed by atoms with Crippen LogP contribution in [0.2, 0.25) is 10.0 Å². The second-order valence-corrected chi connectivity index (χ2v) is 6.39. The number of carbonyl (C=O) groups is 2. The molecule has 0 saturated carbocycles. The maximum absolute atomic E-state index is 12.4. The Morgan fingerprint density at radius 3 is 2.28 bits per heavy atom. The molecule has 8 heteroatoms. The third-order valence-electron chi connectivity index (χ3n) is 3.31. The molecule has 0 radical (unpaired) electrons. The molecule has 1 aromatic heterocycles. The number of carbonyl (C=O) groups excluding carboxylic acids is 2. The Kier molecular flexibility index (Phi) is 6.75. The summed E-state index contributed by atoms with van der Waals surface area (Å²) < 4.78 is 0. The van der Waals surface area contributed by atoms with E-state index in [0.717, 1.165) is 0 Å². The minimum Gasteiger partial charge on any atom is -0.351 e. The van der Waals surface area contributed by atoms with Gasteiger partial charge in [0.2, 0.25) is 0 Å². The summed E-state index contributed by atoms with van der Waals surface area (Å²) >= 11 is 12.1. The number of hydrogen-bond acceptors (Lipinski definition) is 4. The number of anilines is 1. The van der Waals surface area contributed by atoms with Crippen molar-refractivity contribution in [3.63, 3.8) is 0 Å². The molecule has 0 bridgehead atoms. The standard InChI is InChI=1S/C17H18Cl2N4O2/c1-23(2)7-6-21-16(24)11-8-12(10-20-9-11)17(25)22-15-13(18)4-3-5-14(15)19/h3-5,8-10H,6-7H2,1-2H3,(H,21,24)(H,22,25). The van der Waals surface area contributed by atoms with Crippen LogP contribution < -0.4 is 10.6 Å². The Hall–Kier alpha value is -2.15. The van der Waals surface area contributed by atoms with Gasteiger partial charge in [0.1, 0.15) is 0 Å². The molecule has 2 rings (SSSR count). The lowest BCUT2D eigenvalue weighted by Gasteiger charge is -2.11. The van der Waals surface area contributed by atoms with Gasteiger partial charge in [-0.05, 0) is 32.3 Å². The molecular formula is C17H18Cl2N4O2. The zero-order valence-corrected chi connectivity index (χ0v) is 15.4. The van der Waals surface area contributed by atoms with Crippen LogP contribution in [0.4, 0.5) is 5.69 Å². The normalized spacial score (nSPS) is 10.6. The van der Waals surface area contributed by atoms with Gasteiger partial charge in [0.25, 0.3) is 11.8 Å². The molecule has 1 aromatic carbocycles. The number of amides is 2. The van der Waals surface area contributed by atoms with Gasteiger partial charge in [-0.25, -0.2) is 0 Å². The van der Waals surface area contributed by atoms with E-state index >= 15 is 0 Å². The van der Waals surface area contributed by atoms with Crippen molar-refractivity contribution in [3.05, 3.63) is 57.8 Å². The Labute approximate surface area is 156 Å². The molecule has 1 heterocycles. The van der Waals surface area contributed by atoms with Crippen molar-refractivity contribution in [1.29, 1.82) is 0 Å². The van der Waals surface area contributed by atoms with E-state index in [9.17, 15) is 9.59 Å². The number of rotatable bonds is 6. The predicted molar refractivity (Wildman–Crippen MR) is 99.5 cm³/mol. The first-order chi connectivity index (χ1) is 11.9. The van der Waals surface area contributed by atoms with Crippen LogP contribution in [0.1, 0.15) is 20.7 Å². The molecule has 2 aromatic rings. The van der Waals surface area contributed by atoms with Crippen molar-refractivity contribution in [3.8, 4) is 0 Å². The third kappa shape index (κ3) is 5.42. The SMILES string of the molecule is CN(C)CCNC(=O)c1cncc(C(=O)Nc2c(Cl)cccc2Cl)c1. The number of para-hydroxylation sites is 1. The monoisotopic (exact) mass is 380 g/mol. The van der Waals surface area contributed by atoms with E-state index in [0.29, 0.717) is 34.4 Å². The summed E-state index contributed by atoms with van der Waals surface area (Å²) in [5, 5.41) is 6.06. The fourth-order valence-electron chi connectivity index (χ4n) is 1.99. The van der Waals surface area contributed by atoms with Crippen LogP contribution in [0.5, 0.6) is 0 Å². The second-order valence-electron chi connectivity index (χ2n) is 5.57. The van der Waals surface area contributed by atoms with Gasteiger partial charge in [-0.3, -0.25) is 14.6 Å². The minimum absolute atomic E-state index is 0.233. The Morgan fingerprint density at radius 2 is 1.68 bits per heavy atom. The number of nitrogens with one attached hydrogen (secondary N) is 2. The number of aromatic nitrogens is 1. The fraction of sp³-hybridized carbons (Fsp3) is 0.235. The van der Waals surface area contributed by atoms with E-state index in [-0.39, 0.29) is 11.5 Å². The molecule has 0 aliphatic carbocycles. The molecule has 0 saturated heterocycles. The summed E-state index contributed by atoms with van der Waals surface area (Å²) in [5.41, 5.74) is 0.851. The van der Waals surface area contributed by atoms with E-state index < -0.39 is 5.91 Å². The van der Waals surface area contributed by atoms with E-state index in [1.54, 1.807) is 18.2 Å². The van der Waals surface area contributed by atoms with Crippen LogP contribution in [-0.4, -0.2) is 48.9 Å². The van der Waals surface area contributed by atoms with Gasteiger partial charge < -0.3 is 15.5 Å². The average molecular weight is 381 g/mol. The summed E-state index contributed by atoms with van der Waals surface area (Å²) in [5.74, 6) is -0.745. The zero-order chi connectivity index (χ0) is 18.4. The van der Waals surface area contributed by atoms with Crippen LogP contribution >= 0.6 is 23.2 Å². The molecule has 0 spiro atoms. The number of benzene rings is 1. The molecule has 132 valence electrons. The molecule has 6 nitrogen and oxygen atoms in total. The van der Waals surface area contributed by atoms with Crippen molar-refractivity contribution in [2.75, 3.05) is 32.5 Å². The number of nitrogens with zero attached hydrogens (tertiary/aromatic N) is 2. The van der Waals surface area contributed by atoms with E-state index in [4.69, 9.17) is 23.2 Å². The molecule has 0 aliphatic rings. The zero-order valence-electron chi connectivity index (χ0n) is 13.8. The first kappa shape index (κ1) is 19.2. The first-order valence-electron chi connectivity index (χ1n) is 7.52. The Balaban J connectivity index is 2.10. The van der Waals surface area contributed by atoms with Crippen LogP contribution in [0.25, 0.3) is 0 Å². The molecule has 2 amide bonds. The van der Waals surface area contributed by atoms with Gasteiger partial charge in [0.05, 0.1) is 26.9 Å². The van der Waals surface area contributed by atoms with Gasteiger partial charge in [0, 0.05) is 25.5 Å². The van der Waals surface area contributed by atoms with Gasteiger partial charge >= 0.3 is 0 Å². The highest BCUT2D eigenvalue weighted by molar-refractivity contribution is 6.40. The van der Waals surface area contributed by atoms with Gasteiger partial charge in [-0.2, -0.15) is 0 Å². The van der Waals surface area contributed by atoms with E-state index in [2.05, 4.69) is 15.6 Å². The summed E-state index contributed by atoms with van der Waals surface area (Å²) in [6.07, 6.45) is 2.78. The highest BCUT2D eigenvalue weighted by Gasteiger charge is 2.14. The van der Waals surface area contributed by atoms with Gasteiger partial charge in [-0.1, -0.05) is 29.3 Å².